The van der Waals surface area contributed by atoms with Gasteiger partial charge in [0.05, 0.1) is 11.5 Å². The number of carbonyl (C=O) groups excluding carboxylic acids is 1. The highest BCUT2D eigenvalue weighted by molar-refractivity contribution is 7.91. The minimum Gasteiger partial charge on any atom is -0.483 e. The standard InChI is InChI=1S/C21H24ClNO4S/c22-19-9-10-20(18-8-4-3-7-17(18)19)27-13-21(24)23(15-5-1-2-6-15)16-11-12-28(25,26)14-16/h3-4,7-10,15-16H,1-2,5-6,11-14H2. The van der Waals surface area contributed by atoms with Gasteiger partial charge >= 0.3 is 0 Å². The van der Waals surface area contributed by atoms with Gasteiger partial charge in [-0.1, -0.05) is 48.7 Å². The molecular weight excluding hydrogens is 398 g/mol. The third kappa shape index (κ3) is 3.98. The van der Waals surface area contributed by atoms with Crippen LogP contribution in [0.3, 0.4) is 0 Å². The first-order valence-electron chi connectivity index (χ1n) is 9.76. The summed E-state index contributed by atoms with van der Waals surface area (Å²) in [7, 11) is -3.05. The molecule has 7 heteroatoms. The number of ether oxygens (including phenoxy) is 1. The van der Waals surface area contributed by atoms with Crippen LogP contribution in [0.4, 0.5) is 0 Å². The lowest BCUT2D eigenvalue weighted by atomic mass is 10.1. The number of benzene rings is 2. The van der Waals surface area contributed by atoms with Crippen LogP contribution in [0.25, 0.3) is 10.8 Å². The summed E-state index contributed by atoms with van der Waals surface area (Å²) >= 11 is 6.25. The quantitative estimate of drug-likeness (QED) is 0.736. The lowest BCUT2D eigenvalue weighted by Gasteiger charge is -2.34. The van der Waals surface area contributed by atoms with Crippen LogP contribution in [0.15, 0.2) is 36.4 Å². The third-order valence-corrected chi connectivity index (χ3v) is 7.87. The predicted molar refractivity (Wildman–Crippen MR) is 111 cm³/mol. The molecule has 5 nitrogen and oxygen atoms in total. The maximum Gasteiger partial charge on any atom is 0.261 e. The van der Waals surface area contributed by atoms with Gasteiger partial charge in [-0.2, -0.15) is 0 Å². The van der Waals surface area contributed by atoms with Gasteiger partial charge in [-0.05, 0) is 31.4 Å². The van der Waals surface area contributed by atoms with E-state index in [1.807, 2.05) is 29.2 Å². The fourth-order valence-corrected chi connectivity index (χ4v) is 6.40. The van der Waals surface area contributed by atoms with Gasteiger partial charge in [0.2, 0.25) is 0 Å². The van der Waals surface area contributed by atoms with Gasteiger partial charge in [0.1, 0.15) is 5.75 Å². The Hall–Kier alpha value is -1.79. The fraction of sp³-hybridized carbons (Fsp3) is 0.476. The summed E-state index contributed by atoms with van der Waals surface area (Å²) in [5, 5.41) is 2.38. The summed E-state index contributed by atoms with van der Waals surface area (Å²) in [6.07, 6.45) is 4.56. The molecule has 2 fully saturated rings. The van der Waals surface area contributed by atoms with Crippen molar-refractivity contribution in [2.45, 2.75) is 44.2 Å². The third-order valence-electron chi connectivity index (χ3n) is 5.79. The molecule has 1 saturated heterocycles. The lowest BCUT2D eigenvalue weighted by molar-refractivity contribution is -0.137. The Kier molecular flexibility index (Phi) is 5.52. The summed E-state index contributed by atoms with van der Waals surface area (Å²) in [5.41, 5.74) is 0. The highest BCUT2D eigenvalue weighted by atomic mass is 35.5. The van der Waals surface area contributed by atoms with Crippen LogP contribution in [0, 0.1) is 0 Å². The molecule has 4 rings (SSSR count). The van der Waals surface area contributed by atoms with Crippen molar-refractivity contribution < 1.29 is 17.9 Å². The van der Waals surface area contributed by atoms with Gasteiger partial charge in [0, 0.05) is 27.9 Å². The normalized spacial score (nSPS) is 21.8. The molecule has 0 radical (unpaired) electrons. The van der Waals surface area contributed by atoms with Crippen molar-refractivity contribution in [3.63, 3.8) is 0 Å². The van der Waals surface area contributed by atoms with E-state index < -0.39 is 9.84 Å². The first kappa shape index (κ1) is 19.5. The van der Waals surface area contributed by atoms with Crippen LogP contribution in [0.2, 0.25) is 5.02 Å². The van der Waals surface area contributed by atoms with Crippen LogP contribution < -0.4 is 4.74 Å². The van der Waals surface area contributed by atoms with E-state index >= 15 is 0 Å². The molecule has 1 aliphatic carbocycles. The molecule has 0 bridgehead atoms. The van der Waals surface area contributed by atoms with E-state index in [0.29, 0.717) is 17.2 Å². The first-order chi connectivity index (χ1) is 13.4. The second-order valence-electron chi connectivity index (χ2n) is 7.68. The molecule has 1 atom stereocenters. The number of halogens is 1. The van der Waals surface area contributed by atoms with Gasteiger partial charge in [-0.25, -0.2) is 8.42 Å². The number of fused-ring (bicyclic) bond motifs is 1. The van der Waals surface area contributed by atoms with Gasteiger partial charge in [0.15, 0.2) is 16.4 Å². The SMILES string of the molecule is O=C(COc1ccc(Cl)c2ccccc12)N(C1CCCC1)C1CCS(=O)(=O)C1. The van der Waals surface area contributed by atoms with Crippen LogP contribution in [0.1, 0.15) is 32.1 Å². The van der Waals surface area contributed by atoms with Gasteiger partial charge in [-0.3, -0.25) is 4.79 Å². The van der Waals surface area contributed by atoms with Gasteiger partial charge in [-0.15, -0.1) is 0 Å². The van der Waals surface area contributed by atoms with Crippen LogP contribution in [-0.4, -0.2) is 49.4 Å². The van der Waals surface area contributed by atoms with E-state index in [2.05, 4.69) is 0 Å². The molecule has 0 spiro atoms. The van der Waals surface area contributed by atoms with Crippen molar-refractivity contribution in [2.75, 3.05) is 18.1 Å². The lowest BCUT2D eigenvalue weighted by Crippen LogP contribution is -2.48. The fourth-order valence-electron chi connectivity index (χ4n) is 4.46. The zero-order valence-electron chi connectivity index (χ0n) is 15.6. The minimum absolute atomic E-state index is 0.0686. The molecule has 28 heavy (non-hydrogen) atoms. The molecule has 1 saturated carbocycles. The van der Waals surface area contributed by atoms with Crippen molar-refractivity contribution in [3.05, 3.63) is 41.4 Å². The number of hydrogen-bond donors (Lipinski definition) is 0. The molecule has 1 unspecified atom stereocenters. The number of carbonyl (C=O) groups is 1. The first-order valence-corrected chi connectivity index (χ1v) is 12.0. The summed E-state index contributed by atoms with van der Waals surface area (Å²) in [4.78, 5) is 14.9. The van der Waals surface area contributed by atoms with Crippen molar-refractivity contribution >= 4 is 38.1 Å². The topological polar surface area (TPSA) is 63.7 Å². The van der Waals surface area contributed by atoms with E-state index in [1.54, 1.807) is 12.1 Å². The predicted octanol–water partition coefficient (Wildman–Crippen LogP) is 3.83. The smallest absolute Gasteiger partial charge is 0.261 e. The Morgan fingerprint density at radius 2 is 1.75 bits per heavy atom. The highest BCUT2D eigenvalue weighted by Gasteiger charge is 2.39. The number of nitrogens with zero attached hydrogens (tertiary/aromatic N) is 1. The number of amides is 1. The van der Waals surface area contributed by atoms with E-state index in [-0.39, 0.29) is 36.1 Å². The maximum absolute atomic E-state index is 13.1. The van der Waals surface area contributed by atoms with Crippen molar-refractivity contribution in [2.24, 2.45) is 0 Å². The van der Waals surface area contributed by atoms with Gasteiger partial charge < -0.3 is 9.64 Å². The zero-order valence-corrected chi connectivity index (χ0v) is 17.2. The second-order valence-corrected chi connectivity index (χ2v) is 10.3. The Morgan fingerprint density at radius 3 is 2.43 bits per heavy atom. The largest absolute Gasteiger partial charge is 0.483 e. The molecule has 0 aromatic heterocycles. The summed E-state index contributed by atoms with van der Waals surface area (Å²) in [6.45, 7) is -0.0985. The molecule has 150 valence electrons. The number of rotatable bonds is 5. The Bertz CT molecular complexity index is 985. The number of sulfone groups is 1. The molecule has 1 aliphatic heterocycles. The minimum atomic E-state index is -3.05. The Balaban J connectivity index is 1.53. The number of hydrogen-bond acceptors (Lipinski definition) is 4. The monoisotopic (exact) mass is 421 g/mol. The van der Waals surface area contributed by atoms with Crippen LogP contribution in [-0.2, 0) is 14.6 Å². The Labute approximate surface area is 170 Å². The summed E-state index contributed by atoms with van der Waals surface area (Å²) < 4.78 is 29.8. The van der Waals surface area contributed by atoms with E-state index in [9.17, 15) is 13.2 Å². The molecule has 2 aromatic carbocycles. The summed E-state index contributed by atoms with van der Waals surface area (Å²) in [5.74, 6) is 0.711. The van der Waals surface area contributed by atoms with Crippen molar-refractivity contribution in [1.82, 2.24) is 4.90 Å². The van der Waals surface area contributed by atoms with Crippen molar-refractivity contribution in [1.29, 1.82) is 0 Å². The summed E-state index contributed by atoms with van der Waals surface area (Å²) in [6, 6.07) is 11.1. The molecule has 1 heterocycles. The van der Waals surface area contributed by atoms with Crippen LogP contribution >= 0.6 is 11.6 Å². The van der Waals surface area contributed by atoms with Crippen molar-refractivity contribution in [3.8, 4) is 5.75 Å². The molecule has 1 amide bonds. The van der Waals surface area contributed by atoms with Crippen LogP contribution in [0.5, 0.6) is 5.75 Å². The van der Waals surface area contributed by atoms with E-state index in [1.165, 1.54) is 0 Å². The molecular formula is C21H24ClNO4S. The van der Waals surface area contributed by atoms with Gasteiger partial charge in [0.25, 0.3) is 5.91 Å². The highest BCUT2D eigenvalue weighted by Crippen LogP contribution is 2.32. The van der Waals surface area contributed by atoms with E-state index in [4.69, 9.17) is 16.3 Å². The maximum atomic E-state index is 13.1. The molecule has 0 N–H and O–H groups in total. The second kappa shape index (κ2) is 7.91. The molecule has 2 aromatic rings. The Morgan fingerprint density at radius 1 is 1.04 bits per heavy atom. The zero-order chi connectivity index (χ0) is 19.7. The average molecular weight is 422 g/mol. The average Bonchev–Trinajstić information content (AvgIpc) is 3.32. The van der Waals surface area contributed by atoms with E-state index in [0.717, 1.165) is 36.5 Å². The molecule has 2 aliphatic rings.